The Morgan fingerprint density at radius 1 is 0.941 bits per heavy atom. The lowest BCUT2D eigenvalue weighted by molar-refractivity contribution is -0.133. The Morgan fingerprint density at radius 2 is 1.47 bits per heavy atom. The maximum absolute atomic E-state index is 10.7. The van der Waals surface area contributed by atoms with Crippen LogP contribution in [0.2, 0.25) is 0 Å². The van der Waals surface area contributed by atoms with Gasteiger partial charge in [-0.3, -0.25) is 0 Å². The van der Waals surface area contributed by atoms with Gasteiger partial charge >= 0.3 is 5.97 Å². The average molecular weight is 238 g/mol. The minimum atomic E-state index is -0.430. The van der Waals surface area contributed by atoms with Gasteiger partial charge in [0, 0.05) is 12.3 Å². The Labute approximate surface area is 106 Å². The summed E-state index contributed by atoms with van der Waals surface area (Å²) in [6.07, 6.45) is 12.6. The van der Waals surface area contributed by atoms with Gasteiger partial charge in [0.05, 0.1) is 7.11 Å². The number of rotatable bonds is 9. The lowest BCUT2D eigenvalue weighted by atomic mass is 10.1. The number of unbranched alkanes of at least 4 members (excludes halogenated alkanes) is 9. The maximum Gasteiger partial charge on any atom is 0.384 e. The molecule has 0 aromatic rings. The zero-order valence-corrected chi connectivity index (χ0v) is 11.4. The minimum absolute atomic E-state index is 0.430. The van der Waals surface area contributed by atoms with Crippen molar-refractivity contribution in [3.63, 3.8) is 0 Å². The molecule has 0 rings (SSSR count). The van der Waals surface area contributed by atoms with E-state index in [9.17, 15) is 4.79 Å². The van der Waals surface area contributed by atoms with E-state index in [2.05, 4.69) is 23.5 Å². The molecule has 0 saturated heterocycles. The molecule has 0 N–H and O–H groups in total. The largest absolute Gasteiger partial charge is 0.459 e. The molecule has 0 aliphatic carbocycles. The molecule has 0 aliphatic heterocycles. The Kier molecular flexibility index (Phi) is 12.3. The first-order chi connectivity index (χ1) is 8.31. The van der Waals surface area contributed by atoms with Crippen molar-refractivity contribution in [1.29, 1.82) is 0 Å². The van der Waals surface area contributed by atoms with Crippen molar-refractivity contribution in [3.05, 3.63) is 0 Å². The summed E-state index contributed by atoms with van der Waals surface area (Å²) in [4.78, 5) is 10.7. The lowest BCUT2D eigenvalue weighted by Gasteiger charge is -2.00. The molecule has 17 heavy (non-hydrogen) atoms. The smallest absolute Gasteiger partial charge is 0.384 e. The van der Waals surface area contributed by atoms with Crippen LogP contribution in [0, 0.1) is 11.8 Å². The van der Waals surface area contributed by atoms with E-state index in [1.54, 1.807) is 0 Å². The number of methoxy groups -OCH3 is 1. The van der Waals surface area contributed by atoms with Crippen LogP contribution in [0.15, 0.2) is 0 Å². The van der Waals surface area contributed by atoms with E-state index in [-0.39, 0.29) is 0 Å². The molecule has 0 fully saturated rings. The zero-order chi connectivity index (χ0) is 12.8. The minimum Gasteiger partial charge on any atom is -0.459 e. The van der Waals surface area contributed by atoms with Gasteiger partial charge in [-0.2, -0.15) is 0 Å². The Bertz CT molecular complexity index is 235. The first-order valence-electron chi connectivity index (χ1n) is 6.88. The van der Waals surface area contributed by atoms with Crippen molar-refractivity contribution in [2.45, 2.75) is 71.1 Å². The standard InChI is InChI=1S/C15H26O2/c1-3-4-5-6-7-8-9-10-11-12-13-14-15(16)17-2/h3-12H2,1-2H3. The van der Waals surface area contributed by atoms with E-state index < -0.39 is 5.97 Å². The van der Waals surface area contributed by atoms with Gasteiger partial charge in [0.15, 0.2) is 0 Å². The van der Waals surface area contributed by atoms with E-state index >= 15 is 0 Å². The Balaban J connectivity index is 3.12. The Hall–Kier alpha value is -0.970. The molecule has 0 bridgehead atoms. The van der Waals surface area contributed by atoms with Crippen LogP contribution in [0.3, 0.4) is 0 Å². The third kappa shape index (κ3) is 13.0. The van der Waals surface area contributed by atoms with E-state index in [0.29, 0.717) is 0 Å². The number of hydrogen-bond acceptors (Lipinski definition) is 2. The quantitative estimate of drug-likeness (QED) is 0.262. The summed E-state index contributed by atoms with van der Waals surface area (Å²) in [6, 6.07) is 0. The van der Waals surface area contributed by atoms with Crippen molar-refractivity contribution in [1.82, 2.24) is 0 Å². The van der Waals surface area contributed by atoms with Crippen LogP contribution in [0.4, 0.5) is 0 Å². The van der Waals surface area contributed by atoms with Crippen LogP contribution in [0.5, 0.6) is 0 Å². The first-order valence-corrected chi connectivity index (χ1v) is 6.88. The van der Waals surface area contributed by atoms with Gasteiger partial charge < -0.3 is 4.74 Å². The van der Waals surface area contributed by atoms with E-state index in [4.69, 9.17) is 0 Å². The molecular weight excluding hydrogens is 212 g/mol. The number of esters is 1. The monoisotopic (exact) mass is 238 g/mol. The molecule has 0 amide bonds. The van der Waals surface area contributed by atoms with E-state index in [1.165, 1.54) is 58.5 Å². The van der Waals surface area contributed by atoms with Gasteiger partial charge in [-0.15, -0.1) is 0 Å². The van der Waals surface area contributed by atoms with Crippen LogP contribution in [-0.2, 0) is 9.53 Å². The zero-order valence-electron chi connectivity index (χ0n) is 11.4. The highest BCUT2D eigenvalue weighted by Crippen LogP contribution is 2.10. The fourth-order valence-corrected chi connectivity index (χ4v) is 1.71. The first kappa shape index (κ1) is 16.0. The maximum atomic E-state index is 10.7. The second-order valence-electron chi connectivity index (χ2n) is 4.37. The van der Waals surface area contributed by atoms with Crippen molar-refractivity contribution >= 4 is 5.97 Å². The molecular formula is C15H26O2. The van der Waals surface area contributed by atoms with Crippen molar-refractivity contribution < 1.29 is 9.53 Å². The molecule has 0 aliphatic rings. The Morgan fingerprint density at radius 3 is 2.00 bits per heavy atom. The second kappa shape index (κ2) is 13.1. The topological polar surface area (TPSA) is 26.3 Å². The van der Waals surface area contributed by atoms with E-state index in [1.807, 2.05) is 0 Å². The summed E-state index contributed by atoms with van der Waals surface area (Å²) >= 11 is 0. The molecule has 0 aromatic heterocycles. The summed E-state index contributed by atoms with van der Waals surface area (Å²) < 4.78 is 4.43. The highest BCUT2D eigenvalue weighted by molar-refractivity contribution is 5.88. The SMILES string of the molecule is CCCCCCCCCCCC#CC(=O)OC. The molecule has 0 heterocycles. The predicted octanol–water partition coefficient (Wildman–Crippen LogP) is 4.08. The predicted molar refractivity (Wildman–Crippen MR) is 71.6 cm³/mol. The van der Waals surface area contributed by atoms with Gasteiger partial charge in [0.1, 0.15) is 0 Å². The number of carbonyl (C=O) groups excluding carboxylic acids is 1. The summed E-state index contributed by atoms with van der Waals surface area (Å²) in [5, 5.41) is 0. The summed E-state index contributed by atoms with van der Waals surface area (Å²) in [6.45, 7) is 2.25. The molecule has 0 spiro atoms. The summed E-state index contributed by atoms with van der Waals surface area (Å²) in [5.41, 5.74) is 0. The number of carbonyl (C=O) groups is 1. The van der Waals surface area contributed by atoms with Crippen LogP contribution in [0.25, 0.3) is 0 Å². The van der Waals surface area contributed by atoms with Crippen LogP contribution < -0.4 is 0 Å². The highest BCUT2D eigenvalue weighted by atomic mass is 16.5. The molecule has 0 radical (unpaired) electrons. The third-order valence-electron chi connectivity index (χ3n) is 2.78. The van der Waals surface area contributed by atoms with Crippen molar-refractivity contribution in [2.75, 3.05) is 7.11 Å². The van der Waals surface area contributed by atoms with Gasteiger partial charge in [-0.1, -0.05) is 64.2 Å². The van der Waals surface area contributed by atoms with E-state index in [0.717, 1.165) is 12.8 Å². The second-order valence-corrected chi connectivity index (χ2v) is 4.37. The molecule has 98 valence electrons. The summed E-state index contributed by atoms with van der Waals surface area (Å²) in [7, 11) is 1.36. The normalized spacial score (nSPS) is 9.53. The molecule has 0 aromatic carbocycles. The van der Waals surface area contributed by atoms with Gasteiger partial charge in [0.25, 0.3) is 0 Å². The molecule has 0 atom stereocenters. The van der Waals surface area contributed by atoms with Crippen LogP contribution >= 0.6 is 0 Å². The molecule has 0 unspecified atom stereocenters. The number of hydrogen-bond donors (Lipinski definition) is 0. The summed E-state index contributed by atoms with van der Waals surface area (Å²) in [5.74, 6) is 4.85. The van der Waals surface area contributed by atoms with Crippen LogP contribution in [0.1, 0.15) is 71.1 Å². The van der Waals surface area contributed by atoms with Crippen LogP contribution in [-0.4, -0.2) is 13.1 Å². The van der Waals surface area contributed by atoms with Crippen molar-refractivity contribution in [2.24, 2.45) is 0 Å². The fraction of sp³-hybridized carbons (Fsp3) is 0.800. The van der Waals surface area contributed by atoms with Gasteiger partial charge in [0.2, 0.25) is 0 Å². The number of ether oxygens (including phenoxy) is 1. The highest BCUT2D eigenvalue weighted by Gasteiger charge is 1.92. The molecule has 2 nitrogen and oxygen atoms in total. The third-order valence-corrected chi connectivity index (χ3v) is 2.78. The molecule has 0 saturated carbocycles. The fourth-order valence-electron chi connectivity index (χ4n) is 1.71. The van der Waals surface area contributed by atoms with Crippen molar-refractivity contribution in [3.8, 4) is 11.8 Å². The lowest BCUT2D eigenvalue weighted by Crippen LogP contribution is -1.94. The molecule has 2 heteroatoms. The van der Waals surface area contributed by atoms with Gasteiger partial charge in [-0.25, -0.2) is 4.79 Å². The average Bonchev–Trinajstić information content (AvgIpc) is 2.35. The van der Waals surface area contributed by atoms with Gasteiger partial charge in [-0.05, 0) is 6.42 Å².